The molecule has 1 N–H and O–H groups in total. The van der Waals surface area contributed by atoms with E-state index in [1.54, 1.807) is 11.3 Å². The van der Waals surface area contributed by atoms with Gasteiger partial charge in [-0.15, -0.1) is 22.9 Å². The first-order valence-electron chi connectivity index (χ1n) is 5.81. The second kappa shape index (κ2) is 4.90. The minimum Gasteiger partial charge on any atom is -0.350 e. The van der Waals surface area contributed by atoms with Gasteiger partial charge in [0.15, 0.2) is 0 Å². The van der Waals surface area contributed by atoms with Crippen molar-refractivity contribution >= 4 is 38.9 Å². The van der Waals surface area contributed by atoms with E-state index in [1.807, 2.05) is 50.4 Å². The third-order valence-corrected chi connectivity index (χ3v) is 3.93. The number of thiophene rings is 1. The van der Waals surface area contributed by atoms with E-state index in [-0.39, 0.29) is 11.4 Å². The molecule has 1 heterocycles. The van der Waals surface area contributed by atoms with Crippen LogP contribution in [0.2, 0.25) is 0 Å². The number of halogens is 1. The van der Waals surface area contributed by atoms with E-state index in [9.17, 15) is 4.79 Å². The Balaban J connectivity index is 2.28. The number of benzene rings is 1. The molecular weight excluding hydrogens is 266 g/mol. The third kappa shape index (κ3) is 2.85. The van der Waals surface area contributed by atoms with E-state index in [1.165, 1.54) is 0 Å². The molecule has 1 aromatic heterocycles. The molecule has 0 saturated heterocycles. The van der Waals surface area contributed by atoms with Crippen molar-refractivity contribution in [2.45, 2.75) is 31.7 Å². The zero-order valence-electron chi connectivity index (χ0n) is 10.7. The fraction of sp³-hybridized carbons (Fsp3) is 0.357. The standard InChI is InChI=1S/C14H16ClNOS/c1-14(2,3)16-13(17)12(15)10-8-18-11-7-5-4-6-9(10)11/h4-8,12H,1-3H3,(H,16,17). The summed E-state index contributed by atoms with van der Waals surface area (Å²) in [5.41, 5.74) is 0.620. The Kier molecular flexibility index (Phi) is 3.64. The summed E-state index contributed by atoms with van der Waals surface area (Å²) in [6.07, 6.45) is 0. The van der Waals surface area contributed by atoms with Gasteiger partial charge in [-0.25, -0.2) is 0 Å². The lowest BCUT2D eigenvalue weighted by Gasteiger charge is -2.22. The van der Waals surface area contributed by atoms with Crippen LogP contribution in [0, 0.1) is 0 Å². The van der Waals surface area contributed by atoms with Crippen LogP contribution >= 0.6 is 22.9 Å². The Morgan fingerprint density at radius 3 is 2.67 bits per heavy atom. The van der Waals surface area contributed by atoms with E-state index >= 15 is 0 Å². The smallest absolute Gasteiger partial charge is 0.243 e. The van der Waals surface area contributed by atoms with E-state index in [0.717, 1.165) is 15.6 Å². The number of carbonyl (C=O) groups is 1. The molecule has 4 heteroatoms. The number of fused-ring (bicyclic) bond motifs is 1. The van der Waals surface area contributed by atoms with Gasteiger partial charge in [-0.1, -0.05) is 18.2 Å². The summed E-state index contributed by atoms with van der Waals surface area (Å²) in [6.45, 7) is 5.83. The number of carbonyl (C=O) groups excluding carboxylic acids is 1. The largest absolute Gasteiger partial charge is 0.350 e. The van der Waals surface area contributed by atoms with Crippen LogP contribution in [0.4, 0.5) is 0 Å². The molecule has 0 spiro atoms. The lowest BCUT2D eigenvalue weighted by molar-refractivity contribution is -0.122. The van der Waals surface area contributed by atoms with Gasteiger partial charge in [0.1, 0.15) is 5.38 Å². The Hall–Kier alpha value is -1.06. The first kappa shape index (κ1) is 13.4. The van der Waals surface area contributed by atoms with Crippen molar-refractivity contribution in [2.75, 3.05) is 0 Å². The third-order valence-electron chi connectivity index (χ3n) is 2.51. The number of nitrogens with one attached hydrogen (secondary N) is 1. The second-order valence-corrected chi connectivity index (χ2v) is 6.64. The summed E-state index contributed by atoms with van der Waals surface area (Å²) in [4.78, 5) is 12.1. The molecular formula is C14H16ClNOS. The Labute approximate surface area is 116 Å². The fourth-order valence-corrected chi connectivity index (χ4v) is 3.07. The van der Waals surface area contributed by atoms with Crippen molar-refractivity contribution in [3.05, 3.63) is 35.2 Å². The van der Waals surface area contributed by atoms with Crippen molar-refractivity contribution in [1.82, 2.24) is 5.32 Å². The molecule has 18 heavy (non-hydrogen) atoms. The summed E-state index contributed by atoms with van der Waals surface area (Å²) < 4.78 is 1.15. The molecule has 1 unspecified atom stereocenters. The first-order chi connectivity index (χ1) is 8.38. The average Bonchev–Trinajstić information content (AvgIpc) is 2.69. The van der Waals surface area contributed by atoms with Gasteiger partial charge in [0.05, 0.1) is 0 Å². The highest BCUT2D eigenvalue weighted by Gasteiger charge is 2.24. The van der Waals surface area contributed by atoms with Crippen molar-refractivity contribution in [1.29, 1.82) is 0 Å². The highest BCUT2D eigenvalue weighted by Crippen LogP contribution is 2.33. The van der Waals surface area contributed by atoms with Crippen molar-refractivity contribution < 1.29 is 4.79 Å². The predicted molar refractivity (Wildman–Crippen MR) is 78.3 cm³/mol. The summed E-state index contributed by atoms with van der Waals surface area (Å²) in [5, 5.41) is 5.29. The highest BCUT2D eigenvalue weighted by molar-refractivity contribution is 7.17. The van der Waals surface area contributed by atoms with Crippen LogP contribution in [0.5, 0.6) is 0 Å². The Bertz CT molecular complexity index is 570. The summed E-state index contributed by atoms with van der Waals surface area (Å²) in [5.74, 6) is -0.146. The normalized spacial score (nSPS) is 13.6. The van der Waals surface area contributed by atoms with E-state index in [4.69, 9.17) is 11.6 Å². The van der Waals surface area contributed by atoms with Gasteiger partial charge in [0, 0.05) is 10.2 Å². The molecule has 1 atom stereocenters. The lowest BCUT2D eigenvalue weighted by Crippen LogP contribution is -2.42. The van der Waals surface area contributed by atoms with E-state index < -0.39 is 5.38 Å². The topological polar surface area (TPSA) is 29.1 Å². The maximum absolute atomic E-state index is 12.1. The molecule has 1 aromatic carbocycles. The Morgan fingerprint density at radius 1 is 1.33 bits per heavy atom. The lowest BCUT2D eigenvalue weighted by atomic mass is 10.1. The zero-order chi connectivity index (χ0) is 13.3. The van der Waals surface area contributed by atoms with Crippen LogP contribution in [0.3, 0.4) is 0 Å². The van der Waals surface area contributed by atoms with Crippen LogP contribution in [-0.4, -0.2) is 11.4 Å². The van der Waals surface area contributed by atoms with Crippen LogP contribution in [0.25, 0.3) is 10.1 Å². The maximum atomic E-state index is 12.1. The molecule has 2 aromatic rings. The molecule has 0 aliphatic rings. The van der Waals surface area contributed by atoms with Gasteiger partial charge in [-0.05, 0) is 43.2 Å². The van der Waals surface area contributed by atoms with Crippen molar-refractivity contribution in [2.24, 2.45) is 0 Å². The van der Waals surface area contributed by atoms with Gasteiger partial charge in [0.2, 0.25) is 5.91 Å². The molecule has 1 amide bonds. The molecule has 2 nitrogen and oxygen atoms in total. The van der Waals surface area contributed by atoms with Crippen LogP contribution in [0.15, 0.2) is 29.6 Å². The van der Waals surface area contributed by atoms with Gasteiger partial charge < -0.3 is 5.32 Å². The monoisotopic (exact) mass is 281 g/mol. The number of amides is 1. The molecule has 0 bridgehead atoms. The van der Waals surface area contributed by atoms with Crippen LogP contribution < -0.4 is 5.32 Å². The predicted octanol–water partition coefficient (Wildman–Crippen LogP) is 4.10. The highest BCUT2D eigenvalue weighted by atomic mass is 35.5. The number of hydrogen-bond acceptors (Lipinski definition) is 2. The summed E-state index contributed by atoms with van der Waals surface area (Å²) in [6, 6.07) is 7.99. The zero-order valence-corrected chi connectivity index (χ0v) is 12.2. The number of alkyl halides is 1. The molecule has 0 saturated carbocycles. The minimum absolute atomic E-state index is 0.146. The van der Waals surface area contributed by atoms with E-state index in [0.29, 0.717) is 0 Å². The van der Waals surface area contributed by atoms with Crippen molar-refractivity contribution in [3.8, 4) is 0 Å². The second-order valence-electron chi connectivity index (χ2n) is 5.29. The first-order valence-corrected chi connectivity index (χ1v) is 7.12. The van der Waals surface area contributed by atoms with Gasteiger partial charge in [-0.3, -0.25) is 4.79 Å². The SMILES string of the molecule is CC(C)(C)NC(=O)C(Cl)c1csc2ccccc12. The fourth-order valence-electron chi connectivity index (χ4n) is 1.77. The number of hydrogen-bond donors (Lipinski definition) is 1. The van der Waals surface area contributed by atoms with Crippen molar-refractivity contribution in [3.63, 3.8) is 0 Å². The van der Waals surface area contributed by atoms with Gasteiger partial charge >= 0.3 is 0 Å². The summed E-state index contributed by atoms with van der Waals surface area (Å²) >= 11 is 7.89. The van der Waals surface area contributed by atoms with Gasteiger partial charge in [0.25, 0.3) is 0 Å². The van der Waals surface area contributed by atoms with Crippen LogP contribution in [-0.2, 0) is 4.79 Å². The molecule has 96 valence electrons. The van der Waals surface area contributed by atoms with Crippen LogP contribution in [0.1, 0.15) is 31.7 Å². The molecule has 2 rings (SSSR count). The molecule has 0 aliphatic carbocycles. The number of rotatable bonds is 2. The Morgan fingerprint density at radius 2 is 2.00 bits per heavy atom. The average molecular weight is 282 g/mol. The quantitative estimate of drug-likeness (QED) is 0.825. The molecule has 0 aliphatic heterocycles. The van der Waals surface area contributed by atoms with E-state index in [2.05, 4.69) is 5.32 Å². The summed E-state index contributed by atoms with van der Waals surface area (Å²) in [7, 11) is 0. The molecule has 0 radical (unpaired) electrons. The maximum Gasteiger partial charge on any atom is 0.243 e. The molecule has 0 fully saturated rings. The minimum atomic E-state index is -0.639. The van der Waals surface area contributed by atoms with Gasteiger partial charge in [-0.2, -0.15) is 0 Å².